The summed E-state index contributed by atoms with van der Waals surface area (Å²) in [6.45, 7) is 10.6. The molecule has 0 bridgehead atoms. The Morgan fingerprint density at radius 1 is 0.882 bits per heavy atom. The predicted molar refractivity (Wildman–Crippen MR) is 130 cm³/mol. The summed E-state index contributed by atoms with van der Waals surface area (Å²) in [6.07, 6.45) is 3.50. The first kappa shape index (κ1) is 26.4. The van der Waals surface area contributed by atoms with E-state index in [1.165, 1.54) is 0 Å². The molecule has 0 aromatic carbocycles. The van der Waals surface area contributed by atoms with Crippen LogP contribution in [0.1, 0.15) is 86.0 Å². The molecule has 0 heterocycles. The monoisotopic (exact) mass is 480 g/mol. The molecule has 196 valence electrons. The molecule has 0 aliphatic heterocycles. The Morgan fingerprint density at radius 3 is 2.15 bits per heavy atom. The molecule has 0 spiro atoms. The number of rotatable bonds is 6. The lowest BCUT2D eigenvalue weighted by Gasteiger charge is -2.64. The van der Waals surface area contributed by atoms with Crippen LogP contribution in [0.25, 0.3) is 0 Å². The van der Waals surface area contributed by atoms with Gasteiger partial charge in [0.2, 0.25) is 0 Å². The smallest absolute Gasteiger partial charge is 0.306 e. The second kappa shape index (κ2) is 9.32. The van der Waals surface area contributed by atoms with Gasteiger partial charge < -0.3 is 25.5 Å². The first-order valence-corrected chi connectivity index (χ1v) is 13.8. The molecule has 0 radical (unpaired) electrons. The van der Waals surface area contributed by atoms with Crippen molar-refractivity contribution in [3.63, 3.8) is 0 Å². The van der Waals surface area contributed by atoms with Gasteiger partial charge in [-0.1, -0.05) is 34.6 Å². The van der Waals surface area contributed by atoms with E-state index in [9.17, 15) is 30.3 Å². The zero-order valence-corrected chi connectivity index (χ0v) is 21.7. The molecule has 4 saturated carbocycles. The Hall–Kier alpha value is -0.690. The Bertz CT molecular complexity index is 755. The van der Waals surface area contributed by atoms with Gasteiger partial charge in [0.05, 0.1) is 30.3 Å². The van der Waals surface area contributed by atoms with Gasteiger partial charge >= 0.3 is 5.97 Å². The minimum atomic E-state index is -0.734. The highest BCUT2D eigenvalue weighted by molar-refractivity contribution is 5.70. The first-order valence-electron chi connectivity index (χ1n) is 13.8. The largest absolute Gasteiger partial charge is 0.481 e. The molecule has 13 atom stereocenters. The lowest BCUT2D eigenvalue weighted by atomic mass is 9.43. The highest BCUT2D eigenvalue weighted by atomic mass is 16.4. The summed E-state index contributed by atoms with van der Waals surface area (Å²) >= 11 is 0. The van der Waals surface area contributed by atoms with Crippen LogP contribution in [0.4, 0.5) is 0 Å². The van der Waals surface area contributed by atoms with Gasteiger partial charge in [-0.05, 0) is 104 Å². The molecule has 0 saturated heterocycles. The molecule has 6 heteroatoms. The van der Waals surface area contributed by atoms with Crippen LogP contribution in [0.15, 0.2) is 0 Å². The Balaban J connectivity index is 1.55. The second-order valence-electron chi connectivity index (χ2n) is 13.4. The first-order chi connectivity index (χ1) is 15.8. The Labute approximate surface area is 205 Å². The van der Waals surface area contributed by atoms with Crippen LogP contribution in [0.2, 0.25) is 0 Å². The van der Waals surface area contributed by atoms with Crippen LogP contribution < -0.4 is 0 Å². The van der Waals surface area contributed by atoms with E-state index in [2.05, 4.69) is 20.8 Å². The number of carbonyl (C=O) groups is 1. The van der Waals surface area contributed by atoms with E-state index in [0.29, 0.717) is 43.9 Å². The fourth-order valence-corrected chi connectivity index (χ4v) is 9.56. The van der Waals surface area contributed by atoms with Crippen molar-refractivity contribution in [1.82, 2.24) is 0 Å². The van der Waals surface area contributed by atoms with Crippen LogP contribution in [0, 0.1) is 58.2 Å². The van der Waals surface area contributed by atoms with Crippen molar-refractivity contribution in [2.45, 2.75) is 110 Å². The second-order valence-corrected chi connectivity index (χ2v) is 13.4. The van der Waals surface area contributed by atoms with Gasteiger partial charge in [0.15, 0.2) is 0 Å². The van der Waals surface area contributed by atoms with Crippen molar-refractivity contribution in [1.29, 1.82) is 0 Å². The van der Waals surface area contributed by atoms with E-state index in [4.69, 9.17) is 0 Å². The van der Waals surface area contributed by atoms with Crippen LogP contribution in [-0.2, 0) is 4.79 Å². The van der Waals surface area contributed by atoms with E-state index < -0.39 is 30.4 Å². The van der Waals surface area contributed by atoms with Gasteiger partial charge in [-0.3, -0.25) is 4.79 Å². The van der Waals surface area contributed by atoms with Crippen molar-refractivity contribution in [2.75, 3.05) is 0 Å². The van der Waals surface area contributed by atoms with Gasteiger partial charge in [-0.15, -0.1) is 0 Å². The van der Waals surface area contributed by atoms with Crippen LogP contribution in [0.3, 0.4) is 0 Å². The summed E-state index contributed by atoms with van der Waals surface area (Å²) in [6, 6.07) is 0. The summed E-state index contributed by atoms with van der Waals surface area (Å²) in [7, 11) is 0. The molecular formula is C28H48O6. The number of aliphatic hydroxyl groups is 4. The lowest BCUT2D eigenvalue weighted by molar-refractivity contribution is -0.219. The van der Waals surface area contributed by atoms with Crippen molar-refractivity contribution in [2.24, 2.45) is 58.2 Å². The quantitative estimate of drug-likeness (QED) is 0.396. The number of carboxylic acids is 1. The maximum atomic E-state index is 11.7. The third-order valence-corrected chi connectivity index (χ3v) is 11.6. The summed E-state index contributed by atoms with van der Waals surface area (Å²) in [5.74, 6) is 0.325. The highest BCUT2D eigenvalue weighted by Gasteiger charge is 2.66. The minimum Gasteiger partial charge on any atom is -0.481 e. The molecule has 0 aromatic rings. The molecular weight excluding hydrogens is 432 g/mol. The molecule has 0 aromatic heterocycles. The van der Waals surface area contributed by atoms with E-state index >= 15 is 0 Å². The predicted octanol–water partition coefficient (Wildman–Crippen LogP) is 3.69. The SMILES string of the molecule is CC(C)C(CC[C@@H](C)[C@H]1CC[C@H]2[C@@H]3[C@H](O)C[C@@H]4C[C@H](O)[C@@H](O)C[C@]4(C)[C@H]3C[C@H](O)[C@]12C)C(=O)O. The van der Waals surface area contributed by atoms with E-state index in [1.807, 2.05) is 13.8 Å². The maximum Gasteiger partial charge on any atom is 0.306 e. The molecule has 4 rings (SSSR count). The average molecular weight is 481 g/mol. The molecule has 5 N–H and O–H groups in total. The van der Waals surface area contributed by atoms with Crippen molar-refractivity contribution < 1.29 is 30.3 Å². The number of hydrogen-bond acceptors (Lipinski definition) is 5. The molecule has 4 fully saturated rings. The van der Waals surface area contributed by atoms with E-state index in [-0.39, 0.29) is 46.3 Å². The van der Waals surface area contributed by atoms with Crippen LogP contribution >= 0.6 is 0 Å². The third kappa shape index (κ3) is 4.05. The third-order valence-electron chi connectivity index (χ3n) is 11.6. The van der Waals surface area contributed by atoms with Gasteiger partial charge in [0.25, 0.3) is 0 Å². The fraction of sp³-hybridized carbons (Fsp3) is 0.964. The number of aliphatic carboxylic acids is 1. The fourth-order valence-electron chi connectivity index (χ4n) is 9.56. The topological polar surface area (TPSA) is 118 Å². The summed E-state index contributed by atoms with van der Waals surface area (Å²) in [4.78, 5) is 11.7. The molecule has 34 heavy (non-hydrogen) atoms. The maximum absolute atomic E-state index is 11.7. The van der Waals surface area contributed by atoms with Gasteiger partial charge in [0, 0.05) is 0 Å². The minimum absolute atomic E-state index is 0.105. The lowest BCUT2D eigenvalue weighted by Crippen LogP contribution is -2.63. The number of hydrogen-bond donors (Lipinski definition) is 5. The zero-order valence-electron chi connectivity index (χ0n) is 21.7. The van der Waals surface area contributed by atoms with E-state index in [0.717, 1.165) is 19.3 Å². The van der Waals surface area contributed by atoms with Crippen molar-refractivity contribution in [3.05, 3.63) is 0 Å². The molecule has 4 aliphatic rings. The summed E-state index contributed by atoms with van der Waals surface area (Å²) in [5.41, 5.74) is -0.464. The zero-order chi connectivity index (χ0) is 25.2. The van der Waals surface area contributed by atoms with Gasteiger partial charge in [-0.25, -0.2) is 0 Å². The van der Waals surface area contributed by atoms with E-state index in [1.54, 1.807) is 0 Å². The van der Waals surface area contributed by atoms with Crippen molar-refractivity contribution >= 4 is 5.97 Å². The van der Waals surface area contributed by atoms with Crippen LogP contribution in [0.5, 0.6) is 0 Å². The standard InChI is InChI=1S/C28H48O6/c1-14(2)17(26(33)34)7-6-15(3)18-8-9-19-25-20(12-24(32)28(18,19)5)27(4)13-23(31)21(29)10-16(27)11-22(25)30/h14-25,29-32H,6-13H2,1-5H3,(H,33,34)/t15-,16+,17?,18-,19+,20+,21+,22-,23+,24+,25+,27+,28-/m1/s1. The Morgan fingerprint density at radius 2 is 1.53 bits per heavy atom. The number of fused-ring (bicyclic) bond motifs is 5. The molecule has 6 nitrogen and oxygen atoms in total. The molecule has 4 aliphatic carbocycles. The van der Waals surface area contributed by atoms with Gasteiger partial charge in [-0.2, -0.15) is 0 Å². The number of carboxylic acid groups (broad SMARTS) is 1. The Kier molecular flexibility index (Phi) is 7.23. The summed E-state index contributed by atoms with van der Waals surface area (Å²) < 4.78 is 0. The van der Waals surface area contributed by atoms with Crippen LogP contribution in [-0.4, -0.2) is 55.9 Å². The molecule has 0 amide bonds. The van der Waals surface area contributed by atoms with Gasteiger partial charge in [0.1, 0.15) is 0 Å². The summed E-state index contributed by atoms with van der Waals surface area (Å²) in [5, 5.41) is 53.5. The normalized spacial score (nSPS) is 50.2. The number of aliphatic hydroxyl groups excluding tert-OH is 4. The van der Waals surface area contributed by atoms with Crippen molar-refractivity contribution in [3.8, 4) is 0 Å². The molecule has 1 unspecified atom stereocenters. The highest BCUT2D eigenvalue weighted by Crippen LogP contribution is 2.68. The average Bonchev–Trinajstić information content (AvgIpc) is 3.09.